The van der Waals surface area contributed by atoms with E-state index in [0.717, 1.165) is 24.1 Å². The predicted molar refractivity (Wildman–Crippen MR) is 75.0 cm³/mol. The minimum absolute atomic E-state index is 0.402. The van der Waals surface area contributed by atoms with Gasteiger partial charge in [-0.1, -0.05) is 30.7 Å². The lowest BCUT2D eigenvalue weighted by Gasteiger charge is -2.20. The first kappa shape index (κ1) is 12.7. The van der Waals surface area contributed by atoms with Crippen molar-refractivity contribution in [3.63, 3.8) is 0 Å². The van der Waals surface area contributed by atoms with Crippen molar-refractivity contribution in [2.45, 2.75) is 31.6 Å². The van der Waals surface area contributed by atoms with Crippen LogP contribution in [0.2, 0.25) is 0 Å². The Bertz CT molecular complexity index is 616. The number of allylic oxidation sites excluding steroid dienone is 2. The smallest absolute Gasteiger partial charge is 0.264 e. The van der Waals surface area contributed by atoms with E-state index >= 15 is 0 Å². The molecule has 1 aromatic carbocycles. The highest BCUT2D eigenvalue weighted by molar-refractivity contribution is 7.89. The van der Waals surface area contributed by atoms with Gasteiger partial charge in [0.25, 0.3) is 10.0 Å². The molecule has 1 aliphatic heterocycles. The van der Waals surface area contributed by atoms with E-state index in [1.54, 1.807) is 16.4 Å². The summed E-state index contributed by atoms with van der Waals surface area (Å²) in [6.45, 7) is 4.79. The molecule has 102 valence electrons. The monoisotopic (exact) mass is 277 g/mol. The van der Waals surface area contributed by atoms with Crippen molar-refractivity contribution >= 4 is 10.0 Å². The number of fused-ring (bicyclic) bond motifs is 1. The summed E-state index contributed by atoms with van der Waals surface area (Å²) >= 11 is 0. The zero-order valence-electron chi connectivity index (χ0n) is 11.3. The van der Waals surface area contributed by atoms with Crippen molar-refractivity contribution in [3.05, 3.63) is 41.6 Å². The Morgan fingerprint density at radius 3 is 2.58 bits per heavy atom. The lowest BCUT2D eigenvalue weighted by molar-refractivity contribution is 0.455. The second-order valence-electron chi connectivity index (χ2n) is 5.63. The molecule has 0 amide bonds. The molecule has 1 saturated heterocycles. The van der Waals surface area contributed by atoms with Crippen LogP contribution in [0.25, 0.3) is 0 Å². The first-order valence-corrected chi connectivity index (χ1v) is 8.23. The molecule has 0 N–H and O–H groups in total. The van der Waals surface area contributed by atoms with Gasteiger partial charge in [-0.2, -0.15) is 0 Å². The highest BCUT2D eigenvalue weighted by Crippen LogP contribution is 2.43. The molecule has 2 aliphatic rings. The van der Waals surface area contributed by atoms with Crippen molar-refractivity contribution < 1.29 is 8.42 Å². The summed E-state index contributed by atoms with van der Waals surface area (Å²) in [7, 11) is -3.37. The fourth-order valence-corrected chi connectivity index (χ4v) is 4.68. The highest BCUT2D eigenvalue weighted by atomic mass is 32.2. The van der Waals surface area contributed by atoms with Crippen LogP contribution in [0.15, 0.2) is 40.9 Å². The second-order valence-corrected chi connectivity index (χ2v) is 7.49. The van der Waals surface area contributed by atoms with E-state index in [9.17, 15) is 8.42 Å². The standard InChI is InChI=1S/C15H19NO2S/c1-11-3-6-13(7-4-11)19(17,18)16-10-9-14-12(2)5-8-15(14)16/h3-4,6-8,12,14H,5,9-10H2,1-2H3. The minimum Gasteiger partial charge on any atom is -0.270 e. The van der Waals surface area contributed by atoms with Gasteiger partial charge in [0.2, 0.25) is 0 Å². The van der Waals surface area contributed by atoms with Crippen molar-refractivity contribution in [2.24, 2.45) is 11.8 Å². The number of aryl methyl sites for hydroxylation is 1. The Hall–Kier alpha value is -1.29. The molecule has 1 aromatic rings. The molecule has 0 spiro atoms. The maximum atomic E-state index is 12.7. The van der Waals surface area contributed by atoms with E-state index < -0.39 is 10.0 Å². The summed E-state index contributed by atoms with van der Waals surface area (Å²) in [5.41, 5.74) is 2.10. The number of hydrogen-bond acceptors (Lipinski definition) is 2. The average molecular weight is 277 g/mol. The van der Waals surface area contributed by atoms with Crippen LogP contribution in [-0.2, 0) is 10.0 Å². The third-order valence-corrected chi connectivity index (χ3v) is 6.15. The molecule has 1 fully saturated rings. The maximum Gasteiger partial charge on any atom is 0.264 e. The van der Waals surface area contributed by atoms with Gasteiger partial charge in [-0.05, 0) is 37.8 Å². The zero-order valence-corrected chi connectivity index (χ0v) is 12.2. The van der Waals surface area contributed by atoms with Gasteiger partial charge in [0.05, 0.1) is 4.90 Å². The maximum absolute atomic E-state index is 12.7. The summed E-state index contributed by atoms with van der Waals surface area (Å²) < 4.78 is 27.0. The third kappa shape index (κ3) is 1.98. The zero-order chi connectivity index (χ0) is 13.6. The molecule has 0 bridgehead atoms. The Morgan fingerprint density at radius 1 is 1.21 bits per heavy atom. The number of rotatable bonds is 2. The molecular formula is C15H19NO2S. The molecular weight excluding hydrogens is 258 g/mol. The molecule has 0 radical (unpaired) electrons. The van der Waals surface area contributed by atoms with Gasteiger partial charge in [0, 0.05) is 18.2 Å². The van der Waals surface area contributed by atoms with Crippen molar-refractivity contribution in [2.75, 3.05) is 6.54 Å². The van der Waals surface area contributed by atoms with Crippen LogP contribution in [0.5, 0.6) is 0 Å². The van der Waals surface area contributed by atoms with Gasteiger partial charge in [-0.3, -0.25) is 4.31 Å². The van der Waals surface area contributed by atoms with Gasteiger partial charge in [0.1, 0.15) is 0 Å². The Kier molecular flexibility index (Phi) is 2.93. The second kappa shape index (κ2) is 4.37. The van der Waals surface area contributed by atoms with Gasteiger partial charge < -0.3 is 0 Å². The molecule has 19 heavy (non-hydrogen) atoms. The summed E-state index contributed by atoms with van der Waals surface area (Å²) in [6, 6.07) is 7.12. The highest BCUT2D eigenvalue weighted by Gasteiger charge is 2.40. The molecule has 1 aliphatic carbocycles. The first-order chi connectivity index (χ1) is 9.00. The van der Waals surface area contributed by atoms with Crippen LogP contribution < -0.4 is 0 Å². The summed E-state index contributed by atoms with van der Waals surface area (Å²) in [4.78, 5) is 0.402. The van der Waals surface area contributed by atoms with E-state index in [0.29, 0.717) is 23.3 Å². The molecule has 2 unspecified atom stereocenters. The molecule has 2 atom stereocenters. The summed E-state index contributed by atoms with van der Waals surface area (Å²) in [5.74, 6) is 1.01. The van der Waals surface area contributed by atoms with Crippen molar-refractivity contribution in [1.29, 1.82) is 0 Å². The molecule has 0 aromatic heterocycles. The largest absolute Gasteiger partial charge is 0.270 e. The number of sulfonamides is 1. The molecule has 4 heteroatoms. The van der Waals surface area contributed by atoms with Gasteiger partial charge in [-0.15, -0.1) is 0 Å². The number of benzene rings is 1. The van der Waals surface area contributed by atoms with Crippen molar-refractivity contribution in [3.8, 4) is 0 Å². The SMILES string of the molecule is Cc1ccc(S(=O)(=O)N2CCC3C2=CCC3C)cc1. The van der Waals surface area contributed by atoms with Crippen LogP contribution in [0, 0.1) is 18.8 Å². The fourth-order valence-electron chi connectivity index (χ4n) is 3.11. The predicted octanol–water partition coefficient (Wildman–Crippen LogP) is 2.93. The van der Waals surface area contributed by atoms with Crippen LogP contribution in [-0.4, -0.2) is 19.3 Å². The number of hydrogen-bond donors (Lipinski definition) is 0. The van der Waals surface area contributed by atoms with Crippen molar-refractivity contribution in [1.82, 2.24) is 4.31 Å². The lowest BCUT2D eigenvalue weighted by Crippen LogP contribution is -2.27. The summed E-state index contributed by atoms with van der Waals surface area (Å²) in [5, 5.41) is 0. The van der Waals surface area contributed by atoms with Crippen LogP contribution >= 0.6 is 0 Å². The van der Waals surface area contributed by atoms with E-state index in [1.165, 1.54) is 0 Å². The molecule has 3 rings (SSSR count). The van der Waals surface area contributed by atoms with Crippen LogP contribution in [0.4, 0.5) is 0 Å². The topological polar surface area (TPSA) is 37.4 Å². The van der Waals surface area contributed by atoms with E-state index in [-0.39, 0.29) is 0 Å². The molecule has 1 heterocycles. The molecule has 0 saturated carbocycles. The van der Waals surface area contributed by atoms with E-state index in [1.807, 2.05) is 19.1 Å². The Balaban J connectivity index is 1.96. The Morgan fingerprint density at radius 2 is 1.89 bits per heavy atom. The minimum atomic E-state index is -3.37. The van der Waals surface area contributed by atoms with E-state index in [2.05, 4.69) is 13.0 Å². The fraction of sp³-hybridized carbons (Fsp3) is 0.467. The first-order valence-electron chi connectivity index (χ1n) is 6.79. The van der Waals surface area contributed by atoms with Gasteiger partial charge in [-0.25, -0.2) is 8.42 Å². The normalized spacial score (nSPS) is 26.4. The lowest BCUT2D eigenvalue weighted by atomic mass is 9.95. The van der Waals surface area contributed by atoms with Crippen LogP contribution in [0.1, 0.15) is 25.3 Å². The molecule has 3 nitrogen and oxygen atoms in total. The Labute approximate surface area is 115 Å². The van der Waals surface area contributed by atoms with Gasteiger partial charge >= 0.3 is 0 Å². The van der Waals surface area contributed by atoms with Crippen LogP contribution in [0.3, 0.4) is 0 Å². The summed E-state index contributed by atoms with van der Waals surface area (Å²) in [6.07, 6.45) is 4.06. The quantitative estimate of drug-likeness (QED) is 0.833. The van der Waals surface area contributed by atoms with Gasteiger partial charge in [0.15, 0.2) is 0 Å². The number of nitrogens with zero attached hydrogens (tertiary/aromatic N) is 1. The third-order valence-electron chi connectivity index (χ3n) is 4.31. The average Bonchev–Trinajstić information content (AvgIpc) is 2.93. The van der Waals surface area contributed by atoms with E-state index in [4.69, 9.17) is 0 Å².